The van der Waals surface area contributed by atoms with E-state index in [9.17, 15) is 0 Å². The third kappa shape index (κ3) is 4.02. The molecule has 2 atom stereocenters. The molecular formula is C25H30N4O2. The van der Waals surface area contributed by atoms with Gasteiger partial charge in [-0.1, -0.05) is 6.92 Å². The molecule has 0 amide bonds. The molecule has 0 bridgehead atoms. The van der Waals surface area contributed by atoms with Gasteiger partial charge >= 0.3 is 0 Å². The summed E-state index contributed by atoms with van der Waals surface area (Å²) in [5, 5.41) is 5.91. The quantitative estimate of drug-likeness (QED) is 0.650. The van der Waals surface area contributed by atoms with Gasteiger partial charge in [0.25, 0.3) is 0 Å². The Bertz CT molecular complexity index is 1100. The summed E-state index contributed by atoms with van der Waals surface area (Å²) >= 11 is 0. The molecule has 5 heterocycles. The summed E-state index contributed by atoms with van der Waals surface area (Å²) in [6.07, 6.45) is 7.97. The van der Waals surface area contributed by atoms with E-state index in [2.05, 4.69) is 34.3 Å². The number of pyridine rings is 3. The lowest BCUT2D eigenvalue weighted by atomic mass is 9.89. The highest BCUT2D eigenvalue weighted by Gasteiger charge is 2.30. The van der Waals surface area contributed by atoms with Gasteiger partial charge in [0.2, 0.25) is 0 Å². The van der Waals surface area contributed by atoms with Crippen LogP contribution in [0.1, 0.15) is 42.6 Å². The first-order chi connectivity index (χ1) is 15.0. The number of nitrogens with zero attached hydrogens (tertiary/aromatic N) is 3. The van der Waals surface area contributed by atoms with Crippen LogP contribution in [0.25, 0.3) is 22.0 Å². The van der Waals surface area contributed by atoms with Crippen LogP contribution >= 0.6 is 0 Å². The number of ether oxygens (including phenoxy) is 2. The van der Waals surface area contributed by atoms with Crippen molar-refractivity contribution in [3.05, 3.63) is 47.7 Å². The van der Waals surface area contributed by atoms with Crippen molar-refractivity contribution < 1.29 is 9.47 Å². The Balaban J connectivity index is 1.55. The van der Waals surface area contributed by atoms with Crippen LogP contribution in [0.5, 0.6) is 0 Å². The van der Waals surface area contributed by atoms with Crippen LogP contribution in [-0.2, 0) is 9.47 Å². The molecular weight excluding hydrogens is 388 g/mol. The monoisotopic (exact) mass is 418 g/mol. The zero-order valence-electron chi connectivity index (χ0n) is 18.6. The molecule has 2 saturated heterocycles. The molecule has 0 radical (unpaired) electrons. The molecule has 0 aliphatic carbocycles. The first-order valence-corrected chi connectivity index (χ1v) is 11.1. The summed E-state index contributed by atoms with van der Waals surface area (Å²) in [6.45, 7) is 10.4. The molecule has 3 aromatic heterocycles. The molecule has 1 N–H and O–H groups in total. The van der Waals surface area contributed by atoms with Crippen molar-refractivity contribution in [2.24, 2.45) is 5.41 Å². The largest absolute Gasteiger partial charge is 0.383 e. The lowest BCUT2D eigenvalue weighted by molar-refractivity contribution is 0.164. The summed E-state index contributed by atoms with van der Waals surface area (Å²) in [5.74, 6) is 0.380. The minimum absolute atomic E-state index is 0.170. The van der Waals surface area contributed by atoms with Crippen LogP contribution in [0.15, 0.2) is 30.7 Å². The maximum atomic E-state index is 5.72. The fraction of sp³-hybridized carbons (Fsp3) is 0.480. The standard InChI is InChI=1S/C25H30N4O2/c1-16-8-20-21(10-26-16)17(2)27-11-22(20)23-9-19(18-4-6-30-13-18)24(12-28-23)29-14-25(3)5-7-31-15-25/h8-12,18,29H,4-7,13-15H2,1-3H3. The molecule has 0 saturated carbocycles. The zero-order chi connectivity index (χ0) is 21.4. The van der Waals surface area contributed by atoms with Crippen LogP contribution in [0.4, 0.5) is 5.69 Å². The van der Waals surface area contributed by atoms with E-state index >= 15 is 0 Å². The van der Waals surface area contributed by atoms with Gasteiger partial charge in [0.15, 0.2) is 0 Å². The normalized spacial score (nSPS) is 23.5. The molecule has 3 aromatic rings. The Morgan fingerprint density at radius 1 is 1.03 bits per heavy atom. The smallest absolute Gasteiger partial charge is 0.0728 e. The molecule has 2 fully saturated rings. The Hall–Kier alpha value is -2.57. The third-order valence-electron chi connectivity index (χ3n) is 6.70. The van der Waals surface area contributed by atoms with E-state index in [-0.39, 0.29) is 5.41 Å². The van der Waals surface area contributed by atoms with Crippen molar-refractivity contribution in [3.8, 4) is 11.3 Å². The minimum atomic E-state index is 0.170. The lowest BCUT2D eigenvalue weighted by Gasteiger charge is -2.25. The molecule has 2 unspecified atom stereocenters. The first kappa shape index (κ1) is 20.3. The van der Waals surface area contributed by atoms with E-state index in [0.29, 0.717) is 5.92 Å². The Kier molecular flexibility index (Phi) is 5.36. The van der Waals surface area contributed by atoms with Crippen LogP contribution < -0.4 is 5.32 Å². The van der Waals surface area contributed by atoms with E-state index in [1.54, 1.807) is 0 Å². The van der Waals surface area contributed by atoms with Crippen molar-refractivity contribution in [2.45, 2.75) is 39.5 Å². The fourth-order valence-corrected chi connectivity index (χ4v) is 4.62. The van der Waals surface area contributed by atoms with E-state index in [1.807, 2.05) is 32.4 Å². The second kappa shape index (κ2) is 8.17. The van der Waals surface area contributed by atoms with Crippen molar-refractivity contribution in [1.82, 2.24) is 15.0 Å². The summed E-state index contributed by atoms with van der Waals surface area (Å²) in [7, 11) is 0. The predicted molar refractivity (Wildman–Crippen MR) is 122 cm³/mol. The average Bonchev–Trinajstić information content (AvgIpc) is 3.45. The third-order valence-corrected chi connectivity index (χ3v) is 6.70. The van der Waals surface area contributed by atoms with Crippen molar-refractivity contribution in [2.75, 3.05) is 38.3 Å². The Labute approximate surface area is 183 Å². The van der Waals surface area contributed by atoms with Gasteiger partial charge < -0.3 is 14.8 Å². The van der Waals surface area contributed by atoms with E-state index in [4.69, 9.17) is 14.5 Å². The molecule has 2 aliphatic rings. The van der Waals surface area contributed by atoms with Gasteiger partial charge in [0.1, 0.15) is 0 Å². The maximum absolute atomic E-state index is 5.72. The molecule has 5 rings (SSSR count). The predicted octanol–water partition coefficient (Wildman–Crippen LogP) is 4.65. The lowest BCUT2D eigenvalue weighted by Crippen LogP contribution is -2.27. The number of nitrogens with one attached hydrogen (secondary N) is 1. The van der Waals surface area contributed by atoms with Gasteiger partial charge in [-0.25, -0.2) is 0 Å². The van der Waals surface area contributed by atoms with Gasteiger partial charge in [-0.05, 0) is 49.8 Å². The molecule has 0 aromatic carbocycles. The van der Waals surface area contributed by atoms with Crippen molar-refractivity contribution in [1.29, 1.82) is 0 Å². The topological polar surface area (TPSA) is 69.2 Å². The van der Waals surface area contributed by atoms with E-state index in [1.165, 1.54) is 5.56 Å². The van der Waals surface area contributed by atoms with Gasteiger partial charge in [0.05, 0.1) is 30.8 Å². The first-order valence-electron chi connectivity index (χ1n) is 11.1. The highest BCUT2D eigenvalue weighted by Crippen LogP contribution is 2.36. The molecule has 162 valence electrons. The summed E-state index contributed by atoms with van der Waals surface area (Å²) < 4.78 is 11.4. The summed E-state index contributed by atoms with van der Waals surface area (Å²) in [6, 6.07) is 4.36. The van der Waals surface area contributed by atoms with Crippen molar-refractivity contribution >= 4 is 16.5 Å². The SMILES string of the molecule is Cc1cc2c(-c3cc(C4CCOC4)c(NCC4(C)CCOC4)cn3)cnc(C)c2cn1. The van der Waals surface area contributed by atoms with Gasteiger partial charge in [-0.3, -0.25) is 15.0 Å². The molecule has 2 aliphatic heterocycles. The summed E-state index contributed by atoms with van der Waals surface area (Å²) in [4.78, 5) is 14.0. The maximum Gasteiger partial charge on any atom is 0.0728 e. The van der Waals surface area contributed by atoms with E-state index < -0.39 is 0 Å². The molecule has 0 spiro atoms. The van der Waals surface area contributed by atoms with Crippen LogP contribution in [-0.4, -0.2) is 47.9 Å². The van der Waals surface area contributed by atoms with Gasteiger partial charge in [-0.2, -0.15) is 0 Å². The number of rotatable bonds is 5. The molecule has 6 nitrogen and oxygen atoms in total. The number of fused-ring (bicyclic) bond motifs is 1. The van der Waals surface area contributed by atoms with Crippen molar-refractivity contribution in [3.63, 3.8) is 0 Å². The second-order valence-corrected chi connectivity index (χ2v) is 9.31. The van der Waals surface area contributed by atoms with Gasteiger partial charge in [0, 0.05) is 65.8 Å². The number of aryl methyl sites for hydroxylation is 2. The van der Waals surface area contributed by atoms with Crippen LogP contribution in [0.2, 0.25) is 0 Å². The highest BCUT2D eigenvalue weighted by molar-refractivity contribution is 5.96. The number of hydrogen-bond acceptors (Lipinski definition) is 6. The Morgan fingerprint density at radius 2 is 1.94 bits per heavy atom. The summed E-state index contributed by atoms with van der Waals surface area (Å²) in [5.41, 5.74) is 6.54. The average molecular weight is 419 g/mol. The van der Waals surface area contributed by atoms with Crippen LogP contribution in [0, 0.1) is 19.3 Å². The number of hydrogen-bond donors (Lipinski definition) is 1. The van der Waals surface area contributed by atoms with Gasteiger partial charge in [-0.15, -0.1) is 0 Å². The zero-order valence-corrected chi connectivity index (χ0v) is 18.6. The minimum Gasteiger partial charge on any atom is -0.383 e. The second-order valence-electron chi connectivity index (χ2n) is 9.31. The van der Waals surface area contributed by atoms with E-state index in [0.717, 1.165) is 84.9 Å². The number of aromatic nitrogens is 3. The fourth-order valence-electron chi connectivity index (χ4n) is 4.62. The molecule has 6 heteroatoms. The Morgan fingerprint density at radius 3 is 2.71 bits per heavy atom. The highest BCUT2D eigenvalue weighted by atomic mass is 16.5. The number of anilines is 1. The molecule has 31 heavy (non-hydrogen) atoms. The van der Waals surface area contributed by atoms with Crippen LogP contribution in [0.3, 0.4) is 0 Å².